The molecule has 2 N–H and O–H groups in total. The molecular formula is C38H41F6N3O5. The molecule has 0 bridgehead atoms. The molecule has 1 aromatic heterocycles. The van der Waals surface area contributed by atoms with Crippen molar-refractivity contribution in [2.75, 3.05) is 32.8 Å². The number of nitrogens with zero attached hydrogens (tertiary/aromatic N) is 2. The predicted octanol–water partition coefficient (Wildman–Crippen LogP) is 6.73. The average molecular weight is 734 g/mol. The molecule has 0 radical (unpaired) electrons. The number of carboxylic acid groups (broad SMARTS) is 1. The second-order valence-electron chi connectivity index (χ2n) is 13.4. The first-order valence-electron chi connectivity index (χ1n) is 16.8. The van der Waals surface area contributed by atoms with Crippen LogP contribution in [0, 0.1) is 49.6 Å². The Kier molecular flexibility index (Phi) is 13.0. The SMILES string of the molecule is C#Cc1cc(F)c([C@H](CC(=O)O)NC(=O)[C@@H](CC(C)C)n2cc(CCN3CCCOCC3)c(C(F)(F)F)cc2=O)c(F)c1-c1c(C)cc(F)cc1C. The highest BCUT2D eigenvalue weighted by Gasteiger charge is 2.37. The Morgan fingerprint density at radius 2 is 1.71 bits per heavy atom. The second-order valence-corrected chi connectivity index (χ2v) is 13.4. The van der Waals surface area contributed by atoms with Gasteiger partial charge in [-0.15, -0.1) is 6.42 Å². The zero-order valence-electron chi connectivity index (χ0n) is 29.3. The molecule has 4 rings (SSSR count). The van der Waals surface area contributed by atoms with Gasteiger partial charge in [0.15, 0.2) is 0 Å². The minimum Gasteiger partial charge on any atom is -0.481 e. The van der Waals surface area contributed by atoms with E-state index in [1.165, 1.54) is 13.8 Å². The molecule has 1 fully saturated rings. The van der Waals surface area contributed by atoms with Gasteiger partial charge in [0, 0.05) is 55.2 Å². The summed E-state index contributed by atoms with van der Waals surface area (Å²) in [6.45, 7) is 8.63. The maximum atomic E-state index is 16.6. The first kappa shape index (κ1) is 40.2. The van der Waals surface area contributed by atoms with Crippen molar-refractivity contribution in [3.05, 3.63) is 91.6 Å². The lowest BCUT2D eigenvalue weighted by Crippen LogP contribution is -2.41. The fourth-order valence-electron chi connectivity index (χ4n) is 6.68. The molecule has 52 heavy (non-hydrogen) atoms. The van der Waals surface area contributed by atoms with Crippen LogP contribution in [0.1, 0.15) is 78.6 Å². The van der Waals surface area contributed by atoms with Gasteiger partial charge in [-0.3, -0.25) is 14.4 Å². The van der Waals surface area contributed by atoms with Gasteiger partial charge in [0.25, 0.3) is 5.56 Å². The van der Waals surface area contributed by atoms with Crippen LogP contribution in [-0.4, -0.2) is 59.3 Å². The number of halogens is 6. The molecule has 2 atom stereocenters. The molecule has 8 nitrogen and oxygen atoms in total. The number of nitrogens with one attached hydrogen (secondary N) is 1. The number of hydrogen-bond acceptors (Lipinski definition) is 5. The highest BCUT2D eigenvalue weighted by Crippen LogP contribution is 2.38. The number of pyridine rings is 1. The van der Waals surface area contributed by atoms with Crippen LogP contribution in [0.3, 0.4) is 0 Å². The monoisotopic (exact) mass is 733 g/mol. The van der Waals surface area contributed by atoms with Gasteiger partial charge in [-0.1, -0.05) is 19.8 Å². The average Bonchev–Trinajstić information content (AvgIpc) is 3.31. The van der Waals surface area contributed by atoms with E-state index in [2.05, 4.69) is 11.2 Å². The molecule has 280 valence electrons. The largest absolute Gasteiger partial charge is 0.481 e. The number of carbonyl (C=O) groups is 2. The molecule has 0 unspecified atom stereocenters. The Hall–Kier alpha value is -4.61. The number of hydrogen-bond donors (Lipinski definition) is 2. The molecule has 3 aromatic rings. The van der Waals surface area contributed by atoms with E-state index < -0.39 is 70.7 Å². The molecule has 1 saturated heterocycles. The highest BCUT2D eigenvalue weighted by molar-refractivity contribution is 5.83. The summed E-state index contributed by atoms with van der Waals surface area (Å²) < 4.78 is 95.3. The van der Waals surface area contributed by atoms with Crippen molar-refractivity contribution in [1.82, 2.24) is 14.8 Å². The van der Waals surface area contributed by atoms with Crippen molar-refractivity contribution < 1.29 is 45.8 Å². The summed E-state index contributed by atoms with van der Waals surface area (Å²) in [5.74, 6) is -3.88. The molecule has 1 aliphatic heterocycles. The molecule has 0 aliphatic carbocycles. The number of aryl methyl sites for hydroxylation is 2. The van der Waals surface area contributed by atoms with Crippen LogP contribution in [-0.2, 0) is 26.9 Å². The summed E-state index contributed by atoms with van der Waals surface area (Å²) in [5.41, 5.74) is -3.29. The Morgan fingerprint density at radius 3 is 2.31 bits per heavy atom. The van der Waals surface area contributed by atoms with Crippen LogP contribution in [0.2, 0.25) is 0 Å². The lowest BCUT2D eigenvalue weighted by Gasteiger charge is -2.27. The topological polar surface area (TPSA) is 101 Å². The minimum atomic E-state index is -4.88. The molecule has 1 aliphatic rings. The highest BCUT2D eigenvalue weighted by atomic mass is 19.4. The molecule has 1 amide bonds. The van der Waals surface area contributed by atoms with Crippen molar-refractivity contribution in [1.29, 1.82) is 0 Å². The number of ether oxygens (including phenoxy) is 1. The van der Waals surface area contributed by atoms with E-state index in [1.54, 1.807) is 13.8 Å². The van der Waals surface area contributed by atoms with Gasteiger partial charge in [0.2, 0.25) is 5.91 Å². The van der Waals surface area contributed by atoms with Gasteiger partial charge < -0.3 is 24.6 Å². The zero-order chi connectivity index (χ0) is 38.5. The number of alkyl halides is 3. The summed E-state index contributed by atoms with van der Waals surface area (Å²) in [4.78, 5) is 41.3. The summed E-state index contributed by atoms with van der Waals surface area (Å²) in [6, 6.07) is 0.127. The Labute approximate surface area is 297 Å². The van der Waals surface area contributed by atoms with Crippen LogP contribution in [0.4, 0.5) is 26.3 Å². The predicted molar refractivity (Wildman–Crippen MR) is 182 cm³/mol. The van der Waals surface area contributed by atoms with Crippen LogP contribution < -0.4 is 10.9 Å². The second kappa shape index (κ2) is 16.8. The quantitative estimate of drug-likeness (QED) is 0.158. The summed E-state index contributed by atoms with van der Waals surface area (Å²) in [7, 11) is 0. The van der Waals surface area contributed by atoms with E-state index in [0.717, 1.165) is 29.0 Å². The maximum Gasteiger partial charge on any atom is 0.416 e. The van der Waals surface area contributed by atoms with Crippen molar-refractivity contribution in [3.8, 4) is 23.5 Å². The number of amides is 1. The fraction of sp³-hybridized carbons (Fsp3) is 0.447. The van der Waals surface area contributed by atoms with Gasteiger partial charge in [0.1, 0.15) is 23.5 Å². The van der Waals surface area contributed by atoms with Crippen LogP contribution in [0.5, 0.6) is 0 Å². The molecule has 0 spiro atoms. The molecule has 0 saturated carbocycles. The minimum absolute atomic E-state index is 0.0972. The third kappa shape index (κ3) is 9.43. The molecule has 2 heterocycles. The fourth-order valence-corrected chi connectivity index (χ4v) is 6.68. The van der Waals surface area contributed by atoms with Gasteiger partial charge in [0.05, 0.1) is 24.6 Å². The van der Waals surface area contributed by atoms with Gasteiger partial charge >= 0.3 is 12.1 Å². The van der Waals surface area contributed by atoms with Crippen LogP contribution in [0.25, 0.3) is 11.1 Å². The van der Waals surface area contributed by atoms with E-state index in [9.17, 15) is 37.1 Å². The third-order valence-corrected chi connectivity index (χ3v) is 9.01. The first-order chi connectivity index (χ1) is 24.4. The maximum absolute atomic E-state index is 16.6. The Morgan fingerprint density at radius 1 is 1.04 bits per heavy atom. The van der Waals surface area contributed by atoms with Crippen molar-refractivity contribution in [2.45, 2.75) is 71.6 Å². The van der Waals surface area contributed by atoms with Gasteiger partial charge in [-0.2, -0.15) is 13.2 Å². The van der Waals surface area contributed by atoms with Crippen LogP contribution in [0.15, 0.2) is 35.3 Å². The number of terminal acetylenes is 1. The first-order valence-corrected chi connectivity index (χ1v) is 16.8. The number of benzene rings is 2. The standard InChI is InChI=1S/C38H41F6N3O5/c1-6-24-17-28(40)35(36(41)34(24)33-22(4)15-26(39)16-23(33)5)29(19-32(49)50)45-37(51)30(14-21(2)3)47-20-25(27(18-31(47)48)38(42,43)44)8-10-46-9-7-12-52-13-11-46/h1,15-18,20-21,29-30H,7-14,19H2,2-5H3,(H,45,51)(H,49,50)/t29-,30+/m0/s1. The molecular weight excluding hydrogens is 692 g/mol. The van der Waals surface area contributed by atoms with Gasteiger partial charge in [-0.05, 0) is 79.5 Å². The normalized spacial score (nSPS) is 15.2. The number of carboxylic acids is 1. The van der Waals surface area contributed by atoms with E-state index in [1.807, 2.05) is 4.90 Å². The number of carbonyl (C=O) groups excluding carboxylic acids is 1. The summed E-state index contributed by atoms with van der Waals surface area (Å²) >= 11 is 0. The molecule has 2 aromatic carbocycles. The number of aliphatic carboxylic acids is 1. The summed E-state index contributed by atoms with van der Waals surface area (Å²) in [5, 5.41) is 12.1. The van der Waals surface area contributed by atoms with E-state index >= 15 is 8.78 Å². The van der Waals surface area contributed by atoms with Crippen molar-refractivity contribution in [2.24, 2.45) is 5.92 Å². The number of aromatic nitrogens is 1. The third-order valence-electron chi connectivity index (χ3n) is 9.01. The van der Waals surface area contributed by atoms with E-state index in [-0.39, 0.29) is 58.7 Å². The lowest BCUT2D eigenvalue weighted by atomic mass is 9.88. The number of rotatable bonds is 12. The Balaban J connectivity index is 1.81. The van der Waals surface area contributed by atoms with Gasteiger partial charge in [-0.25, -0.2) is 13.2 Å². The van der Waals surface area contributed by atoms with Crippen molar-refractivity contribution in [3.63, 3.8) is 0 Å². The zero-order valence-corrected chi connectivity index (χ0v) is 29.3. The van der Waals surface area contributed by atoms with Crippen LogP contribution >= 0.6 is 0 Å². The van der Waals surface area contributed by atoms with E-state index in [4.69, 9.17) is 11.2 Å². The summed E-state index contributed by atoms with van der Waals surface area (Å²) in [6.07, 6.45) is 1.17. The molecule has 14 heteroatoms. The van der Waals surface area contributed by atoms with E-state index in [0.29, 0.717) is 38.8 Å². The Bertz CT molecular complexity index is 1890. The lowest BCUT2D eigenvalue weighted by molar-refractivity contribution is -0.139. The van der Waals surface area contributed by atoms with Crippen molar-refractivity contribution >= 4 is 11.9 Å². The smallest absolute Gasteiger partial charge is 0.416 e.